The maximum Gasteiger partial charge on any atom is 0.123 e. The Bertz CT molecular complexity index is 274. The number of hydrogen-bond donors (Lipinski definition) is 1. The molecule has 12 heavy (non-hydrogen) atoms. The summed E-state index contributed by atoms with van der Waals surface area (Å²) >= 11 is 0. The Morgan fingerprint density at radius 3 is 2.50 bits per heavy atom. The summed E-state index contributed by atoms with van der Waals surface area (Å²) in [7, 11) is 0. The fourth-order valence-corrected chi connectivity index (χ4v) is 0.968. The van der Waals surface area contributed by atoms with Crippen LogP contribution in [0.1, 0.15) is 12.5 Å². The fourth-order valence-electron chi connectivity index (χ4n) is 0.968. The van der Waals surface area contributed by atoms with Gasteiger partial charge in [0.25, 0.3) is 0 Å². The van der Waals surface area contributed by atoms with Crippen LogP contribution in [0.15, 0.2) is 30.3 Å². The van der Waals surface area contributed by atoms with Crippen molar-refractivity contribution in [3.8, 4) is 0 Å². The molecular weight excluding hydrogens is 155 g/mol. The van der Waals surface area contributed by atoms with E-state index in [9.17, 15) is 4.39 Å². The van der Waals surface area contributed by atoms with E-state index in [-0.39, 0.29) is 12.4 Å². The molecule has 0 bridgehead atoms. The molecule has 0 aliphatic carbocycles. The first-order chi connectivity index (χ1) is 5.74. The van der Waals surface area contributed by atoms with Gasteiger partial charge in [-0.3, -0.25) is 0 Å². The zero-order valence-electron chi connectivity index (χ0n) is 6.92. The van der Waals surface area contributed by atoms with Crippen LogP contribution in [0.5, 0.6) is 0 Å². The lowest BCUT2D eigenvalue weighted by Gasteiger charge is -1.99. The van der Waals surface area contributed by atoms with E-state index in [1.54, 1.807) is 18.2 Å². The Balaban J connectivity index is 2.89. The lowest BCUT2D eigenvalue weighted by atomic mass is 10.1. The highest BCUT2D eigenvalue weighted by Crippen LogP contribution is 2.13. The minimum atomic E-state index is -0.240. The summed E-state index contributed by atoms with van der Waals surface area (Å²) < 4.78 is 12.5. The van der Waals surface area contributed by atoms with Crippen molar-refractivity contribution in [1.29, 1.82) is 0 Å². The summed E-state index contributed by atoms with van der Waals surface area (Å²) in [6.45, 7) is 1.90. The number of benzene rings is 1. The average molecular weight is 166 g/mol. The number of aliphatic hydroxyl groups is 1. The minimum absolute atomic E-state index is 0.0171. The van der Waals surface area contributed by atoms with Crippen molar-refractivity contribution in [2.75, 3.05) is 6.61 Å². The van der Waals surface area contributed by atoms with Crippen molar-refractivity contribution < 1.29 is 9.50 Å². The molecule has 0 atom stereocenters. The van der Waals surface area contributed by atoms with Gasteiger partial charge >= 0.3 is 0 Å². The van der Waals surface area contributed by atoms with E-state index < -0.39 is 0 Å². The first-order valence-electron chi connectivity index (χ1n) is 3.77. The summed E-state index contributed by atoms with van der Waals surface area (Å²) in [4.78, 5) is 0. The third-order valence-electron chi connectivity index (χ3n) is 1.70. The van der Waals surface area contributed by atoms with Gasteiger partial charge in [0.05, 0.1) is 6.61 Å². The zero-order valence-corrected chi connectivity index (χ0v) is 6.92. The Morgan fingerprint density at radius 1 is 1.42 bits per heavy atom. The third-order valence-corrected chi connectivity index (χ3v) is 1.70. The van der Waals surface area contributed by atoms with Crippen molar-refractivity contribution in [3.63, 3.8) is 0 Å². The summed E-state index contributed by atoms with van der Waals surface area (Å²) in [6.07, 6.45) is 1.69. The molecule has 1 aromatic rings. The predicted molar refractivity (Wildman–Crippen MR) is 47.1 cm³/mol. The molecule has 0 radical (unpaired) electrons. The quantitative estimate of drug-likeness (QED) is 0.714. The Kier molecular flexibility index (Phi) is 3.00. The molecule has 1 N–H and O–H groups in total. The number of hydrogen-bond acceptors (Lipinski definition) is 1. The molecule has 0 amide bonds. The van der Waals surface area contributed by atoms with Crippen LogP contribution in [0.3, 0.4) is 0 Å². The summed E-state index contributed by atoms with van der Waals surface area (Å²) in [5.41, 5.74) is 1.89. The molecule has 0 spiro atoms. The van der Waals surface area contributed by atoms with E-state index in [1.807, 2.05) is 6.92 Å². The lowest BCUT2D eigenvalue weighted by molar-refractivity contribution is 0.343. The molecule has 0 heterocycles. The van der Waals surface area contributed by atoms with Gasteiger partial charge in [-0.15, -0.1) is 0 Å². The summed E-state index contributed by atoms with van der Waals surface area (Å²) in [5, 5.41) is 8.60. The van der Waals surface area contributed by atoms with Gasteiger partial charge in [-0.25, -0.2) is 4.39 Å². The van der Waals surface area contributed by atoms with Crippen molar-refractivity contribution in [2.24, 2.45) is 0 Å². The molecule has 0 saturated heterocycles. The van der Waals surface area contributed by atoms with Crippen LogP contribution in [0.25, 0.3) is 5.57 Å². The van der Waals surface area contributed by atoms with Crippen LogP contribution >= 0.6 is 0 Å². The number of halogens is 1. The second-order valence-corrected chi connectivity index (χ2v) is 2.58. The third kappa shape index (κ3) is 2.17. The van der Waals surface area contributed by atoms with Crippen LogP contribution in [-0.4, -0.2) is 11.7 Å². The maximum absolute atomic E-state index is 12.5. The normalized spacial score (nSPS) is 11.8. The van der Waals surface area contributed by atoms with E-state index >= 15 is 0 Å². The average Bonchev–Trinajstić information content (AvgIpc) is 2.06. The molecule has 0 aromatic heterocycles. The van der Waals surface area contributed by atoms with Gasteiger partial charge < -0.3 is 5.11 Å². The standard InChI is InChI=1S/C10H11FO/c1-8(6-7-12)9-2-4-10(11)5-3-9/h2-6,12H,7H2,1H3/b8-6+. The molecule has 0 saturated carbocycles. The molecule has 0 aliphatic heterocycles. The highest BCUT2D eigenvalue weighted by Gasteiger charge is 1.94. The number of allylic oxidation sites excluding steroid dienone is 1. The van der Waals surface area contributed by atoms with Crippen LogP contribution < -0.4 is 0 Å². The van der Waals surface area contributed by atoms with Gasteiger partial charge in [-0.1, -0.05) is 18.2 Å². The molecule has 1 aromatic carbocycles. The molecule has 0 aliphatic rings. The Morgan fingerprint density at radius 2 is 2.00 bits per heavy atom. The van der Waals surface area contributed by atoms with Gasteiger partial charge in [0.1, 0.15) is 5.82 Å². The summed E-state index contributed by atoms with van der Waals surface area (Å²) in [6, 6.07) is 6.20. The van der Waals surface area contributed by atoms with Crippen LogP contribution in [0, 0.1) is 5.82 Å². The van der Waals surface area contributed by atoms with Gasteiger partial charge in [0.2, 0.25) is 0 Å². The van der Waals surface area contributed by atoms with E-state index in [0.29, 0.717) is 0 Å². The highest BCUT2D eigenvalue weighted by molar-refractivity contribution is 5.63. The zero-order chi connectivity index (χ0) is 8.97. The van der Waals surface area contributed by atoms with Crippen LogP contribution in [0.4, 0.5) is 4.39 Å². The molecule has 2 heteroatoms. The monoisotopic (exact) mass is 166 g/mol. The number of aliphatic hydroxyl groups excluding tert-OH is 1. The first-order valence-corrected chi connectivity index (χ1v) is 3.77. The van der Waals surface area contributed by atoms with Crippen LogP contribution in [-0.2, 0) is 0 Å². The molecule has 1 rings (SSSR count). The predicted octanol–water partition coefficient (Wildman–Crippen LogP) is 2.22. The highest BCUT2D eigenvalue weighted by atomic mass is 19.1. The van der Waals surface area contributed by atoms with E-state index in [1.165, 1.54) is 12.1 Å². The SMILES string of the molecule is C/C(=C\CO)c1ccc(F)cc1. The number of rotatable bonds is 2. The largest absolute Gasteiger partial charge is 0.392 e. The Labute approximate surface area is 71.2 Å². The van der Waals surface area contributed by atoms with E-state index in [0.717, 1.165) is 11.1 Å². The fraction of sp³-hybridized carbons (Fsp3) is 0.200. The van der Waals surface area contributed by atoms with E-state index in [4.69, 9.17) is 5.11 Å². The molecular formula is C10H11FO. The van der Waals surface area contributed by atoms with Crippen LogP contribution in [0.2, 0.25) is 0 Å². The molecule has 64 valence electrons. The van der Waals surface area contributed by atoms with Gasteiger partial charge in [0.15, 0.2) is 0 Å². The van der Waals surface area contributed by atoms with Crippen molar-refractivity contribution in [1.82, 2.24) is 0 Å². The lowest BCUT2D eigenvalue weighted by Crippen LogP contribution is -1.82. The second kappa shape index (κ2) is 4.02. The second-order valence-electron chi connectivity index (χ2n) is 2.58. The van der Waals surface area contributed by atoms with Crippen molar-refractivity contribution in [2.45, 2.75) is 6.92 Å². The van der Waals surface area contributed by atoms with Gasteiger partial charge in [0, 0.05) is 0 Å². The molecule has 0 fully saturated rings. The van der Waals surface area contributed by atoms with Crippen molar-refractivity contribution >= 4 is 5.57 Å². The Hall–Kier alpha value is -1.15. The summed E-state index contributed by atoms with van der Waals surface area (Å²) in [5.74, 6) is -0.240. The molecule has 0 unspecified atom stereocenters. The van der Waals surface area contributed by atoms with Crippen molar-refractivity contribution in [3.05, 3.63) is 41.7 Å². The minimum Gasteiger partial charge on any atom is -0.392 e. The van der Waals surface area contributed by atoms with E-state index in [2.05, 4.69) is 0 Å². The first kappa shape index (κ1) is 8.94. The van der Waals surface area contributed by atoms with Gasteiger partial charge in [-0.2, -0.15) is 0 Å². The topological polar surface area (TPSA) is 20.2 Å². The smallest absolute Gasteiger partial charge is 0.123 e. The molecule has 1 nitrogen and oxygen atoms in total. The maximum atomic E-state index is 12.5. The van der Waals surface area contributed by atoms with Gasteiger partial charge in [-0.05, 0) is 30.2 Å².